The lowest BCUT2D eigenvalue weighted by molar-refractivity contribution is -0.167. The predicted octanol–water partition coefficient (Wildman–Crippen LogP) is 23.8. The van der Waals surface area contributed by atoms with Gasteiger partial charge in [-0.25, -0.2) is 0 Å². The third-order valence-corrected chi connectivity index (χ3v) is 15.1. The molecule has 0 fully saturated rings. The summed E-state index contributed by atoms with van der Waals surface area (Å²) in [6.07, 6.45) is 90.4. The highest BCUT2D eigenvalue weighted by Crippen LogP contribution is 2.17. The second-order valence-electron chi connectivity index (χ2n) is 23.1. The molecule has 0 N–H and O–H groups in total. The zero-order valence-electron chi connectivity index (χ0n) is 53.1. The van der Waals surface area contributed by atoms with Crippen LogP contribution in [0, 0.1) is 0 Å². The fourth-order valence-corrected chi connectivity index (χ4v) is 9.97. The van der Waals surface area contributed by atoms with Crippen LogP contribution in [0.2, 0.25) is 0 Å². The smallest absolute Gasteiger partial charge is 0.306 e. The van der Waals surface area contributed by atoms with Gasteiger partial charge in [-0.15, -0.1) is 0 Å². The third-order valence-electron chi connectivity index (χ3n) is 15.1. The van der Waals surface area contributed by atoms with E-state index in [9.17, 15) is 14.4 Å². The van der Waals surface area contributed by atoms with Crippen LogP contribution in [0.3, 0.4) is 0 Å². The molecule has 0 aliphatic carbocycles. The van der Waals surface area contributed by atoms with E-state index in [4.69, 9.17) is 14.2 Å². The summed E-state index contributed by atoms with van der Waals surface area (Å²) >= 11 is 0. The van der Waals surface area contributed by atoms with E-state index in [1.165, 1.54) is 212 Å². The summed E-state index contributed by atoms with van der Waals surface area (Å²) in [6, 6.07) is 0. The fraction of sp³-hybridized carbons (Fsp3) is 0.770. The lowest BCUT2D eigenvalue weighted by Gasteiger charge is -2.18. The van der Waals surface area contributed by atoms with Crippen molar-refractivity contribution in [3.05, 3.63) is 85.1 Å². The van der Waals surface area contributed by atoms with Gasteiger partial charge in [-0.2, -0.15) is 0 Å². The molecule has 0 amide bonds. The normalized spacial score (nSPS) is 12.6. The summed E-state index contributed by atoms with van der Waals surface area (Å²) in [5.74, 6) is -0.864. The minimum Gasteiger partial charge on any atom is -0.462 e. The van der Waals surface area contributed by atoms with Gasteiger partial charge < -0.3 is 14.2 Å². The molecule has 0 aromatic carbocycles. The maximum Gasteiger partial charge on any atom is 0.306 e. The van der Waals surface area contributed by atoms with E-state index in [2.05, 4.69) is 106 Å². The zero-order chi connectivity index (χ0) is 57.8. The second-order valence-corrected chi connectivity index (χ2v) is 23.1. The Morgan fingerprint density at radius 3 is 0.775 bits per heavy atom. The van der Waals surface area contributed by atoms with Crippen molar-refractivity contribution in [2.45, 2.75) is 354 Å². The molecule has 1 atom stereocenters. The molecule has 80 heavy (non-hydrogen) atoms. The van der Waals surface area contributed by atoms with E-state index in [1.807, 2.05) is 0 Å². The predicted molar refractivity (Wildman–Crippen MR) is 348 cm³/mol. The van der Waals surface area contributed by atoms with Crippen molar-refractivity contribution in [3.8, 4) is 0 Å². The minimum atomic E-state index is -0.777. The molecule has 1 unspecified atom stereocenters. The highest BCUT2D eigenvalue weighted by molar-refractivity contribution is 5.71. The summed E-state index contributed by atoms with van der Waals surface area (Å²) in [5, 5.41) is 0. The first-order valence-corrected chi connectivity index (χ1v) is 34.6. The van der Waals surface area contributed by atoms with Crippen molar-refractivity contribution in [3.63, 3.8) is 0 Å². The maximum absolute atomic E-state index is 12.9. The molecule has 0 rings (SSSR count). The van der Waals surface area contributed by atoms with E-state index >= 15 is 0 Å². The van der Waals surface area contributed by atoms with Crippen molar-refractivity contribution in [2.75, 3.05) is 13.2 Å². The number of hydrogen-bond acceptors (Lipinski definition) is 6. The summed E-state index contributed by atoms with van der Waals surface area (Å²) in [7, 11) is 0. The largest absolute Gasteiger partial charge is 0.462 e. The molecule has 6 nitrogen and oxygen atoms in total. The average molecular weight is 1120 g/mol. The molecule has 0 heterocycles. The van der Waals surface area contributed by atoms with Crippen molar-refractivity contribution < 1.29 is 28.6 Å². The Bertz CT molecular complexity index is 1520. The van der Waals surface area contributed by atoms with Gasteiger partial charge in [0.25, 0.3) is 0 Å². The van der Waals surface area contributed by atoms with Gasteiger partial charge >= 0.3 is 17.9 Å². The molecule has 0 bridgehead atoms. The number of rotatable bonds is 63. The number of allylic oxidation sites excluding steroid dienone is 14. The molecule has 0 aromatic rings. The van der Waals surface area contributed by atoms with Crippen molar-refractivity contribution in [2.24, 2.45) is 0 Å². The van der Waals surface area contributed by atoms with Crippen LogP contribution in [0.25, 0.3) is 0 Å². The Morgan fingerprint density at radius 2 is 0.487 bits per heavy atom. The molecule has 0 saturated carbocycles. The van der Waals surface area contributed by atoms with Crippen LogP contribution in [-0.2, 0) is 28.6 Å². The van der Waals surface area contributed by atoms with Crippen molar-refractivity contribution in [1.29, 1.82) is 0 Å². The first-order valence-electron chi connectivity index (χ1n) is 34.6. The molecule has 0 aromatic heterocycles. The highest BCUT2D eigenvalue weighted by Gasteiger charge is 2.19. The average Bonchev–Trinajstić information content (AvgIpc) is 3.46. The van der Waals surface area contributed by atoms with Gasteiger partial charge in [0.15, 0.2) is 6.10 Å². The number of unbranched alkanes of at least 4 members (excludes halogenated alkanes) is 38. The standard InChI is InChI=1S/C74H130O6/c1-4-7-10-13-16-19-22-24-26-28-30-32-34-35-36-37-38-39-41-42-44-46-48-50-52-55-58-61-64-67-73(76)79-70-71(69-78-72(75)66-63-60-57-54-21-18-15-12-9-6-3)80-74(77)68-65-62-59-56-53-51-49-47-45-43-40-33-31-29-27-25-23-20-17-14-11-8-5-2/h7,10,16,19,24,26,29-32,35-36,38-39,71H,4-6,8-9,11-15,17-18,20-23,25,27-28,33-34,37,40-70H2,1-3H3/b10-7-,19-16-,26-24-,31-29-,32-30-,36-35-,39-38-. The molecule has 462 valence electrons. The van der Waals surface area contributed by atoms with E-state index < -0.39 is 6.10 Å². The zero-order valence-corrected chi connectivity index (χ0v) is 53.1. The Balaban J connectivity index is 4.21. The Morgan fingerprint density at radius 1 is 0.263 bits per heavy atom. The third kappa shape index (κ3) is 65.4. The molecular formula is C74H130O6. The van der Waals surface area contributed by atoms with E-state index in [0.717, 1.165) is 96.3 Å². The summed E-state index contributed by atoms with van der Waals surface area (Å²) < 4.78 is 16.9. The summed E-state index contributed by atoms with van der Waals surface area (Å²) in [5.41, 5.74) is 0. The van der Waals surface area contributed by atoms with E-state index in [0.29, 0.717) is 19.3 Å². The van der Waals surface area contributed by atoms with Crippen LogP contribution in [0.4, 0.5) is 0 Å². The fourth-order valence-electron chi connectivity index (χ4n) is 9.97. The summed E-state index contributed by atoms with van der Waals surface area (Å²) in [6.45, 7) is 6.55. The molecule has 0 aliphatic rings. The first kappa shape index (κ1) is 76.6. The van der Waals surface area contributed by atoms with Gasteiger partial charge in [0.05, 0.1) is 0 Å². The van der Waals surface area contributed by atoms with E-state index in [1.54, 1.807) is 0 Å². The van der Waals surface area contributed by atoms with Crippen LogP contribution in [0.1, 0.15) is 348 Å². The lowest BCUT2D eigenvalue weighted by atomic mass is 10.0. The molecule has 6 heteroatoms. The van der Waals surface area contributed by atoms with Crippen LogP contribution in [-0.4, -0.2) is 37.2 Å². The van der Waals surface area contributed by atoms with Gasteiger partial charge in [0.2, 0.25) is 0 Å². The Hall–Kier alpha value is -3.41. The van der Waals surface area contributed by atoms with Gasteiger partial charge in [-0.1, -0.05) is 318 Å². The Labute approximate surface area is 496 Å². The quantitative estimate of drug-likeness (QED) is 0.0261. The number of ether oxygens (including phenoxy) is 3. The van der Waals surface area contributed by atoms with E-state index in [-0.39, 0.29) is 31.1 Å². The minimum absolute atomic E-state index is 0.0739. The highest BCUT2D eigenvalue weighted by atomic mass is 16.6. The number of esters is 3. The summed E-state index contributed by atoms with van der Waals surface area (Å²) in [4.78, 5) is 38.3. The van der Waals surface area contributed by atoms with Crippen molar-refractivity contribution in [1.82, 2.24) is 0 Å². The van der Waals surface area contributed by atoms with Crippen LogP contribution >= 0.6 is 0 Å². The molecular weight excluding hydrogens is 985 g/mol. The van der Waals surface area contributed by atoms with Crippen LogP contribution < -0.4 is 0 Å². The monoisotopic (exact) mass is 1110 g/mol. The SMILES string of the molecule is CC/C=C\C/C=C\C/C=C\C/C=C\C/C=C\C/C=C\CCCCCCCCCCCCC(=O)OCC(COC(=O)CCCCCCCCCCCC)OC(=O)CCCCCCCCCCCCC/C=C\CCCCCCCCCC. The van der Waals surface area contributed by atoms with Crippen molar-refractivity contribution >= 4 is 17.9 Å². The second kappa shape index (κ2) is 68.1. The van der Waals surface area contributed by atoms with Crippen LogP contribution in [0.15, 0.2) is 85.1 Å². The lowest BCUT2D eigenvalue weighted by Crippen LogP contribution is -2.30. The first-order chi connectivity index (χ1) is 39.5. The molecule has 0 radical (unpaired) electrons. The number of carbonyl (C=O) groups is 3. The van der Waals surface area contributed by atoms with Crippen LogP contribution in [0.5, 0.6) is 0 Å². The van der Waals surface area contributed by atoms with Gasteiger partial charge in [-0.05, 0) is 96.3 Å². The molecule has 0 saturated heterocycles. The number of hydrogen-bond donors (Lipinski definition) is 0. The topological polar surface area (TPSA) is 78.9 Å². The van der Waals surface area contributed by atoms with Gasteiger partial charge in [0.1, 0.15) is 13.2 Å². The maximum atomic E-state index is 12.9. The van der Waals surface area contributed by atoms with Gasteiger partial charge in [0, 0.05) is 19.3 Å². The van der Waals surface area contributed by atoms with Gasteiger partial charge in [-0.3, -0.25) is 14.4 Å². The molecule has 0 aliphatic heterocycles. The Kier molecular flexibility index (Phi) is 65.2. The molecule has 0 spiro atoms. The number of carbonyl (C=O) groups excluding carboxylic acids is 3.